The number of carbonyl (C=O) groups excluding carboxylic acids is 1. The molecule has 1 heterocycles. The number of nitrogens with one attached hydrogen (secondary N) is 1. The summed E-state index contributed by atoms with van der Waals surface area (Å²) < 4.78 is 0. The van der Waals surface area contributed by atoms with Crippen LogP contribution < -0.4 is 5.32 Å². The average Bonchev–Trinajstić information content (AvgIpc) is 2.60. The number of hydrogen-bond acceptors (Lipinski definition) is 1. The van der Waals surface area contributed by atoms with Crippen molar-refractivity contribution in [3.05, 3.63) is 35.4 Å². The maximum atomic E-state index is 11.3. The molecule has 1 spiro atoms. The summed E-state index contributed by atoms with van der Waals surface area (Å²) in [6.07, 6.45) is 4.08. The van der Waals surface area contributed by atoms with Gasteiger partial charge in [0.15, 0.2) is 0 Å². The van der Waals surface area contributed by atoms with Gasteiger partial charge < -0.3 is 5.32 Å². The third kappa shape index (κ3) is 1.44. The van der Waals surface area contributed by atoms with Gasteiger partial charge in [0.1, 0.15) is 0 Å². The molecular weight excluding hydrogens is 186 g/mol. The third-order valence-electron chi connectivity index (χ3n) is 3.80. The minimum Gasteiger partial charge on any atom is -0.356 e. The van der Waals surface area contributed by atoms with Gasteiger partial charge in [0.2, 0.25) is 5.91 Å². The molecule has 1 atom stereocenters. The van der Waals surface area contributed by atoms with Gasteiger partial charge in [-0.05, 0) is 30.4 Å². The van der Waals surface area contributed by atoms with Gasteiger partial charge in [0.05, 0.1) is 0 Å². The van der Waals surface area contributed by atoms with Crippen molar-refractivity contribution in [2.24, 2.45) is 5.41 Å². The first-order valence-corrected chi connectivity index (χ1v) is 5.61. The van der Waals surface area contributed by atoms with E-state index in [1.54, 1.807) is 0 Å². The van der Waals surface area contributed by atoms with Crippen molar-refractivity contribution < 1.29 is 4.79 Å². The van der Waals surface area contributed by atoms with Crippen molar-refractivity contribution in [2.45, 2.75) is 25.7 Å². The molecular formula is C13H15NO. The molecule has 3 rings (SSSR count). The maximum absolute atomic E-state index is 11.3. The zero-order valence-electron chi connectivity index (χ0n) is 8.75. The van der Waals surface area contributed by atoms with Gasteiger partial charge in [-0.3, -0.25) is 4.79 Å². The van der Waals surface area contributed by atoms with Crippen molar-refractivity contribution in [1.29, 1.82) is 0 Å². The summed E-state index contributed by atoms with van der Waals surface area (Å²) in [6.45, 7) is 0.875. The highest BCUT2D eigenvalue weighted by atomic mass is 16.1. The van der Waals surface area contributed by atoms with E-state index in [0.29, 0.717) is 0 Å². The van der Waals surface area contributed by atoms with E-state index in [1.165, 1.54) is 11.1 Å². The highest BCUT2D eigenvalue weighted by Crippen LogP contribution is 2.40. The SMILES string of the molecule is O=C1CC2(CCc3ccccc3C2)CN1. The molecule has 15 heavy (non-hydrogen) atoms. The third-order valence-corrected chi connectivity index (χ3v) is 3.80. The second-order valence-corrected chi connectivity index (χ2v) is 4.90. The quantitative estimate of drug-likeness (QED) is 0.680. The zero-order valence-corrected chi connectivity index (χ0v) is 8.75. The fourth-order valence-electron chi connectivity index (χ4n) is 2.92. The summed E-state index contributed by atoms with van der Waals surface area (Å²) in [5, 5.41) is 2.97. The fourth-order valence-corrected chi connectivity index (χ4v) is 2.92. The second kappa shape index (κ2) is 3.09. The van der Waals surface area contributed by atoms with Crippen molar-refractivity contribution in [2.75, 3.05) is 6.54 Å². The Labute approximate surface area is 89.7 Å². The number of fused-ring (bicyclic) bond motifs is 1. The normalized spacial score (nSPS) is 28.9. The van der Waals surface area contributed by atoms with E-state index < -0.39 is 0 Å². The Morgan fingerprint density at radius 1 is 1.13 bits per heavy atom. The van der Waals surface area contributed by atoms with E-state index in [1.807, 2.05) is 0 Å². The zero-order chi connectivity index (χ0) is 10.3. The van der Waals surface area contributed by atoms with Crippen LogP contribution in [-0.2, 0) is 17.6 Å². The predicted molar refractivity (Wildman–Crippen MR) is 58.5 cm³/mol. The number of carbonyl (C=O) groups is 1. The van der Waals surface area contributed by atoms with Gasteiger partial charge in [-0.25, -0.2) is 0 Å². The lowest BCUT2D eigenvalue weighted by atomic mass is 9.71. The van der Waals surface area contributed by atoms with Crippen molar-refractivity contribution in [1.82, 2.24) is 5.32 Å². The maximum Gasteiger partial charge on any atom is 0.220 e. The van der Waals surface area contributed by atoms with E-state index in [4.69, 9.17) is 0 Å². The minimum absolute atomic E-state index is 0.228. The van der Waals surface area contributed by atoms with Gasteiger partial charge in [0, 0.05) is 18.4 Å². The molecule has 1 unspecified atom stereocenters. The average molecular weight is 201 g/mol. The first-order chi connectivity index (χ1) is 7.27. The van der Waals surface area contributed by atoms with Gasteiger partial charge in [-0.1, -0.05) is 24.3 Å². The lowest BCUT2D eigenvalue weighted by molar-refractivity contribution is -0.119. The molecule has 2 heteroatoms. The minimum atomic E-state index is 0.228. The smallest absolute Gasteiger partial charge is 0.220 e. The van der Waals surface area contributed by atoms with Crippen LogP contribution in [0.3, 0.4) is 0 Å². The molecule has 0 aromatic heterocycles. The van der Waals surface area contributed by atoms with Crippen molar-refractivity contribution in [3.8, 4) is 0 Å². The van der Waals surface area contributed by atoms with Crippen LogP contribution in [0, 0.1) is 5.41 Å². The Bertz CT molecular complexity index is 413. The second-order valence-electron chi connectivity index (χ2n) is 4.90. The predicted octanol–water partition coefficient (Wildman–Crippen LogP) is 1.68. The van der Waals surface area contributed by atoms with Gasteiger partial charge in [-0.15, -0.1) is 0 Å². The summed E-state index contributed by atoms with van der Waals surface area (Å²) in [7, 11) is 0. The lowest BCUT2D eigenvalue weighted by Gasteiger charge is -2.33. The molecule has 1 aromatic rings. The first kappa shape index (κ1) is 8.96. The Hall–Kier alpha value is -1.31. The molecule has 0 bridgehead atoms. The molecule has 2 aliphatic rings. The molecule has 2 nitrogen and oxygen atoms in total. The van der Waals surface area contributed by atoms with E-state index in [2.05, 4.69) is 29.6 Å². The van der Waals surface area contributed by atoms with E-state index >= 15 is 0 Å². The fraction of sp³-hybridized carbons (Fsp3) is 0.462. The highest BCUT2D eigenvalue weighted by molar-refractivity contribution is 5.79. The summed E-state index contributed by atoms with van der Waals surface area (Å²) >= 11 is 0. The van der Waals surface area contributed by atoms with Crippen LogP contribution in [0.25, 0.3) is 0 Å². The number of aryl methyl sites for hydroxylation is 1. The molecule has 1 saturated heterocycles. The van der Waals surface area contributed by atoms with Gasteiger partial charge in [0.25, 0.3) is 0 Å². The number of rotatable bonds is 0. The summed E-state index contributed by atoms with van der Waals surface area (Å²) in [5.74, 6) is 0.231. The number of amides is 1. The molecule has 1 aliphatic carbocycles. The van der Waals surface area contributed by atoms with Gasteiger partial charge >= 0.3 is 0 Å². The number of hydrogen-bond donors (Lipinski definition) is 1. The molecule has 1 aliphatic heterocycles. The largest absolute Gasteiger partial charge is 0.356 e. The number of benzene rings is 1. The molecule has 1 aromatic carbocycles. The topological polar surface area (TPSA) is 29.1 Å². The molecule has 1 amide bonds. The molecule has 1 N–H and O–H groups in total. The van der Waals surface area contributed by atoms with Crippen LogP contribution in [0.4, 0.5) is 0 Å². The van der Waals surface area contributed by atoms with Crippen LogP contribution in [-0.4, -0.2) is 12.5 Å². The molecule has 1 fully saturated rings. The van der Waals surface area contributed by atoms with Crippen LogP contribution in [0.1, 0.15) is 24.0 Å². The van der Waals surface area contributed by atoms with Crippen molar-refractivity contribution >= 4 is 5.91 Å². The first-order valence-electron chi connectivity index (χ1n) is 5.61. The lowest BCUT2D eigenvalue weighted by Crippen LogP contribution is -2.31. The molecule has 0 saturated carbocycles. The Balaban J connectivity index is 1.92. The van der Waals surface area contributed by atoms with E-state index in [9.17, 15) is 4.79 Å². The van der Waals surface area contributed by atoms with Crippen LogP contribution in [0.15, 0.2) is 24.3 Å². The molecule has 0 radical (unpaired) electrons. The summed E-state index contributed by atoms with van der Waals surface area (Å²) in [4.78, 5) is 11.3. The van der Waals surface area contributed by atoms with Crippen LogP contribution >= 0.6 is 0 Å². The summed E-state index contributed by atoms with van der Waals surface area (Å²) in [6, 6.07) is 8.63. The summed E-state index contributed by atoms with van der Waals surface area (Å²) in [5.41, 5.74) is 3.15. The van der Waals surface area contributed by atoms with Crippen LogP contribution in [0.5, 0.6) is 0 Å². The molecule has 78 valence electrons. The Morgan fingerprint density at radius 3 is 2.67 bits per heavy atom. The standard InChI is InChI=1S/C13H15NO/c15-12-8-13(9-14-12)6-5-10-3-1-2-4-11(10)7-13/h1-4H,5-9H2,(H,14,15). The van der Waals surface area contributed by atoms with Crippen LogP contribution in [0.2, 0.25) is 0 Å². The Morgan fingerprint density at radius 2 is 1.93 bits per heavy atom. The monoisotopic (exact) mass is 201 g/mol. The highest BCUT2D eigenvalue weighted by Gasteiger charge is 2.40. The van der Waals surface area contributed by atoms with E-state index in [-0.39, 0.29) is 11.3 Å². The van der Waals surface area contributed by atoms with E-state index in [0.717, 1.165) is 32.2 Å². The van der Waals surface area contributed by atoms with Crippen molar-refractivity contribution in [3.63, 3.8) is 0 Å². The van der Waals surface area contributed by atoms with Gasteiger partial charge in [-0.2, -0.15) is 0 Å². The Kier molecular flexibility index (Phi) is 1.84.